The first kappa shape index (κ1) is 30.9. The number of para-hydroxylation sites is 2. The van der Waals surface area contributed by atoms with Gasteiger partial charge >= 0.3 is 12.3 Å². The Morgan fingerprint density at radius 3 is 2.16 bits per heavy atom. The van der Waals surface area contributed by atoms with E-state index in [0.717, 1.165) is 12.1 Å². The Kier molecular flexibility index (Phi) is 10.5. The molecule has 2 unspecified atom stereocenters. The second-order valence-corrected chi connectivity index (χ2v) is 9.74. The number of carbonyl (C=O) groups is 2. The number of nitrogen functional groups attached to an aromatic ring is 1. The molecular weight excluding hydrogens is 503 g/mol. The number of nitrogens with two attached hydrogens (primary N) is 2. The average Bonchev–Trinajstić information content (AvgIpc) is 2.83. The zero-order valence-corrected chi connectivity index (χ0v) is 22.2. The van der Waals surface area contributed by atoms with Crippen molar-refractivity contribution in [2.45, 2.75) is 44.8 Å². The van der Waals surface area contributed by atoms with E-state index in [4.69, 9.17) is 16.3 Å². The number of hydrazine groups is 1. The number of aldehydes is 1. The molecule has 2 aromatic carbocycles. The van der Waals surface area contributed by atoms with Crippen molar-refractivity contribution in [1.82, 2.24) is 9.80 Å². The van der Waals surface area contributed by atoms with Crippen LogP contribution >= 0.6 is 0 Å². The first-order valence-electron chi connectivity index (χ1n) is 11.9. The molecule has 0 radical (unpaired) electrons. The number of nitrogens with zero attached hydrogens (tertiary/aromatic N) is 3. The standard InChI is InChI=1S/C24H30F3N5O3.C2H6O/c1-23(2,3)35-22(34)31-13-12-30(14-18(31)15-33)21(32(29)20-7-5-4-6-19(20)28)16-8-10-17(11-9-16)24(25,26)27;1-3-2/h4-11,15,18,21H,12-14,28-29H2,1-3H3;1-2H3. The van der Waals surface area contributed by atoms with Crippen LogP contribution in [0.1, 0.15) is 38.1 Å². The largest absolute Gasteiger partial charge is 0.444 e. The van der Waals surface area contributed by atoms with Crippen molar-refractivity contribution in [2.24, 2.45) is 5.84 Å². The topological polar surface area (TPSA) is 114 Å². The second kappa shape index (κ2) is 12.9. The van der Waals surface area contributed by atoms with Crippen LogP contribution in [-0.4, -0.2) is 67.7 Å². The first-order valence-corrected chi connectivity index (χ1v) is 11.9. The molecule has 0 spiro atoms. The highest BCUT2D eigenvalue weighted by Crippen LogP contribution is 2.35. The van der Waals surface area contributed by atoms with Gasteiger partial charge in [-0.2, -0.15) is 13.2 Å². The van der Waals surface area contributed by atoms with E-state index in [9.17, 15) is 22.8 Å². The number of carbonyl (C=O) groups excluding carboxylic acids is 2. The van der Waals surface area contributed by atoms with Gasteiger partial charge in [0.05, 0.1) is 16.9 Å². The molecule has 12 heteroatoms. The predicted octanol–water partition coefficient (Wildman–Crippen LogP) is 4.05. The highest BCUT2D eigenvalue weighted by atomic mass is 19.4. The van der Waals surface area contributed by atoms with E-state index in [-0.39, 0.29) is 19.6 Å². The van der Waals surface area contributed by atoms with Crippen molar-refractivity contribution in [3.63, 3.8) is 0 Å². The molecule has 2 aromatic rings. The number of rotatable bonds is 5. The molecule has 0 aromatic heterocycles. The maximum Gasteiger partial charge on any atom is 0.416 e. The summed E-state index contributed by atoms with van der Waals surface area (Å²) in [6.07, 6.45) is -5.21. The lowest BCUT2D eigenvalue weighted by Gasteiger charge is -2.45. The SMILES string of the molecule is CC(C)(C)OC(=O)N1CCN(C(c2ccc(C(F)(F)F)cc2)N(N)c2ccccc2N)CC1C=O.COC. The number of methoxy groups -OCH3 is 1. The molecule has 1 aliphatic heterocycles. The maximum atomic E-state index is 13.1. The van der Waals surface area contributed by atoms with E-state index in [1.54, 1.807) is 59.3 Å². The van der Waals surface area contributed by atoms with Gasteiger partial charge in [0.15, 0.2) is 0 Å². The Labute approximate surface area is 221 Å². The minimum Gasteiger partial charge on any atom is -0.444 e. The summed E-state index contributed by atoms with van der Waals surface area (Å²) < 4.78 is 49.1. The first-order chi connectivity index (χ1) is 17.7. The molecule has 1 heterocycles. The summed E-state index contributed by atoms with van der Waals surface area (Å²) in [5, 5.41) is 1.36. The molecule has 1 aliphatic rings. The number of ether oxygens (including phenoxy) is 2. The summed E-state index contributed by atoms with van der Waals surface area (Å²) in [6, 6.07) is 10.7. The van der Waals surface area contributed by atoms with E-state index in [1.807, 2.05) is 4.90 Å². The van der Waals surface area contributed by atoms with Gasteiger partial charge in [0, 0.05) is 33.9 Å². The van der Waals surface area contributed by atoms with Crippen LogP contribution < -0.4 is 16.6 Å². The molecule has 1 fully saturated rings. The maximum absolute atomic E-state index is 13.1. The third-order valence-electron chi connectivity index (χ3n) is 5.60. The molecule has 210 valence electrons. The Morgan fingerprint density at radius 1 is 1.08 bits per heavy atom. The number of amides is 1. The quantitative estimate of drug-likeness (QED) is 0.253. The summed E-state index contributed by atoms with van der Waals surface area (Å²) >= 11 is 0. The van der Waals surface area contributed by atoms with Crippen LogP contribution in [0.25, 0.3) is 0 Å². The highest BCUT2D eigenvalue weighted by molar-refractivity contribution is 5.74. The fourth-order valence-electron chi connectivity index (χ4n) is 3.96. The lowest BCUT2D eigenvalue weighted by Crippen LogP contribution is -2.60. The van der Waals surface area contributed by atoms with E-state index < -0.39 is 35.6 Å². The van der Waals surface area contributed by atoms with Gasteiger partial charge in [-0.25, -0.2) is 10.6 Å². The number of hydrogen-bond donors (Lipinski definition) is 2. The van der Waals surface area contributed by atoms with E-state index in [2.05, 4.69) is 4.74 Å². The van der Waals surface area contributed by atoms with Crippen LogP contribution in [0.15, 0.2) is 48.5 Å². The third kappa shape index (κ3) is 8.07. The van der Waals surface area contributed by atoms with Gasteiger partial charge in [0.2, 0.25) is 0 Å². The number of hydrogen-bond acceptors (Lipinski definition) is 8. The fraction of sp³-hybridized carbons (Fsp3) is 0.462. The zero-order chi connectivity index (χ0) is 28.7. The number of piperazine rings is 1. The van der Waals surface area contributed by atoms with Gasteiger partial charge in [-0.1, -0.05) is 24.3 Å². The second-order valence-electron chi connectivity index (χ2n) is 9.74. The van der Waals surface area contributed by atoms with Crippen LogP contribution in [-0.2, 0) is 20.4 Å². The summed E-state index contributed by atoms with van der Waals surface area (Å²) in [6.45, 7) is 5.73. The van der Waals surface area contributed by atoms with Crippen molar-refractivity contribution < 1.29 is 32.2 Å². The summed E-state index contributed by atoms with van der Waals surface area (Å²) in [7, 11) is 3.25. The molecule has 38 heavy (non-hydrogen) atoms. The minimum absolute atomic E-state index is 0.0921. The lowest BCUT2D eigenvalue weighted by atomic mass is 10.0. The van der Waals surface area contributed by atoms with Crippen LogP contribution in [0.2, 0.25) is 0 Å². The molecule has 9 nitrogen and oxygen atoms in total. The van der Waals surface area contributed by atoms with Gasteiger partial charge in [-0.3, -0.25) is 14.8 Å². The van der Waals surface area contributed by atoms with Gasteiger partial charge in [-0.15, -0.1) is 0 Å². The predicted molar refractivity (Wildman–Crippen MR) is 139 cm³/mol. The van der Waals surface area contributed by atoms with Crippen molar-refractivity contribution >= 4 is 23.8 Å². The van der Waals surface area contributed by atoms with Gasteiger partial charge in [-0.05, 0) is 50.6 Å². The zero-order valence-electron chi connectivity index (χ0n) is 22.2. The Hall–Kier alpha value is -3.35. The van der Waals surface area contributed by atoms with Gasteiger partial charge < -0.3 is 20.0 Å². The average molecular weight is 540 g/mol. The Balaban J connectivity index is 0.00000161. The van der Waals surface area contributed by atoms with E-state index >= 15 is 0 Å². The fourth-order valence-corrected chi connectivity index (χ4v) is 3.96. The monoisotopic (exact) mass is 539 g/mol. The molecule has 0 saturated carbocycles. The molecule has 4 N–H and O–H groups in total. The molecule has 1 saturated heterocycles. The summed E-state index contributed by atoms with van der Waals surface area (Å²) in [5.74, 6) is 6.49. The Morgan fingerprint density at radius 2 is 1.66 bits per heavy atom. The minimum atomic E-state index is -4.48. The van der Waals surface area contributed by atoms with Gasteiger partial charge in [0.1, 0.15) is 24.1 Å². The molecule has 2 atom stereocenters. The van der Waals surface area contributed by atoms with Crippen molar-refractivity contribution in [2.75, 3.05) is 44.6 Å². The van der Waals surface area contributed by atoms with Crippen LogP contribution in [0.5, 0.6) is 0 Å². The van der Waals surface area contributed by atoms with E-state index in [1.165, 1.54) is 22.0 Å². The van der Waals surface area contributed by atoms with Crippen LogP contribution in [0, 0.1) is 0 Å². The van der Waals surface area contributed by atoms with Crippen LogP contribution in [0.4, 0.5) is 29.3 Å². The molecule has 1 amide bonds. The van der Waals surface area contributed by atoms with Crippen molar-refractivity contribution in [3.8, 4) is 0 Å². The molecule has 0 bridgehead atoms. The number of alkyl halides is 3. The molecular formula is C26H36F3N5O4. The number of anilines is 2. The summed E-state index contributed by atoms with van der Waals surface area (Å²) in [5.41, 5.74) is 5.91. The number of halogens is 3. The highest BCUT2D eigenvalue weighted by Gasteiger charge is 2.38. The third-order valence-corrected chi connectivity index (χ3v) is 5.60. The molecule has 0 aliphatic carbocycles. The smallest absolute Gasteiger partial charge is 0.416 e. The van der Waals surface area contributed by atoms with Crippen molar-refractivity contribution in [1.29, 1.82) is 0 Å². The summed E-state index contributed by atoms with van der Waals surface area (Å²) in [4.78, 5) is 27.7. The normalized spacial score (nSPS) is 17.2. The van der Waals surface area contributed by atoms with Crippen LogP contribution in [0.3, 0.4) is 0 Å². The Bertz CT molecular complexity index is 1060. The van der Waals surface area contributed by atoms with E-state index in [0.29, 0.717) is 23.2 Å². The lowest BCUT2D eigenvalue weighted by molar-refractivity contribution is -0.137. The van der Waals surface area contributed by atoms with Crippen molar-refractivity contribution in [3.05, 3.63) is 59.7 Å². The number of benzene rings is 2. The molecule has 3 rings (SSSR count). The van der Waals surface area contributed by atoms with Gasteiger partial charge in [0.25, 0.3) is 0 Å².